The minimum Gasteiger partial charge on any atom is -0.379 e. The number of nitrogens with zero attached hydrogens (tertiary/aromatic N) is 1. The van der Waals surface area contributed by atoms with Crippen molar-refractivity contribution in [2.75, 3.05) is 39.5 Å². The summed E-state index contributed by atoms with van der Waals surface area (Å²) in [6.07, 6.45) is 5.33. The Balaban J connectivity index is 1.90. The normalized spacial score (nSPS) is 19.9. The van der Waals surface area contributed by atoms with Crippen molar-refractivity contribution in [1.29, 1.82) is 0 Å². The van der Waals surface area contributed by atoms with Gasteiger partial charge in [-0.2, -0.15) is 0 Å². The maximum absolute atomic E-state index is 5.78. The molecule has 0 aromatic heterocycles. The Morgan fingerprint density at radius 1 is 1.25 bits per heavy atom. The molecule has 0 aromatic rings. The van der Waals surface area contributed by atoms with Gasteiger partial charge in [0.25, 0.3) is 0 Å². The highest BCUT2D eigenvalue weighted by atomic mass is 16.5. The number of rotatable bonds is 8. The van der Waals surface area contributed by atoms with Gasteiger partial charge in [0.05, 0.1) is 19.3 Å². The Bertz CT molecular complexity index is 158. The second-order valence-corrected chi connectivity index (χ2v) is 4.63. The third-order valence-corrected chi connectivity index (χ3v) is 3.09. The summed E-state index contributed by atoms with van der Waals surface area (Å²) >= 11 is 0. The number of morpholine rings is 1. The van der Waals surface area contributed by atoms with Gasteiger partial charge in [-0.15, -0.1) is 0 Å². The van der Waals surface area contributed by atoms with E-state index in [4.69, 9.17) is 9.47 Å². The van der Waals surface area contributed by atoms with E-state index in [2.05, 4.69) is 18.7 Å². The highest BCUT2D eigenvalue weighted by Crippen LogP contribution is 2.05. The van der Waals surface area contributed by atoms with Crippen LogP contribution in [0.1, 0.15) is 39.5 Å². The highest BCUT2D eigenvalue weighted by molar-refractivity contribution is 4.61. The SMILES string of the molecule is CCCCC(C)OCCCN1CCOCC1. The van der Waals surface area contributed by atoms with Gasteiger partial charge in [-0.1, -0.05) is 19.8 Å². The molecule has 1 aliphatic heterocycles. The first-order valence-electron chi connectivity index (χ1n) is 6.74. The minimum atomic E-state index is 0.435. The maximum atomic E-state index is 5.78. The minimum absolute atomic E-state index is 0.435. The number of unbranched alkanes of at least 4 members (excludes halogenated alkanes) is 1. The molecule has 1 unspecified atom stereocenters. The Morgan fingerprint density at radius 2 is 2.00 bits per heavy atom. The Kier molecular flexibility index (Phi) is 7.81. The van der Waals surface area contributed by atoms with Crippen molar-refractivity contribution in [2.24, 2.45) is 0 Å². The van der Waals surface area contributed by atoms with Crippen molar-refractivity contribution in [3.05, 3.63) is 0 Å². The Morgan fingerprint density at radius 3 is 2.69 bits per heavy atom. The van der Waals surface area contributed by atoms with E-state index in [9.17, 15) is 0 Å². The summed E-state index contributed by atoms with van der Waals surface area (Å²) in [4.78, 5) is 2.46. The van der Waals surface area contributed by atoms with Crippen LogP contribution < -0.4 is 0 Å². The maximum Gasteiger partial charge on any atom is 0.0594 e. The third-order valence-electron chi connectivity index (χ3n) is 3.09. The smallest absolute Gasteiger partial charge is 0.0594 e. The van der Waals surface area contributed by atoms with Crippen LogP contribution in [-0.4, -0.2) is 50.5 Å². The van der Waals surface area contributed by atoms with Gasteiger partial charge in [-0.3, -0.25) is 4.90 Å². The van der Waals surface area contributed by atoms with E-state index in [1.54, 1.807) is 0 Å². The monoisotopic (exact) mass is 229 g/mol. The van der Waals surface area contributed by atoms with E-state index in [0.29, 0.717) is 6.10 Å². The number of hydrogen-bond acceptors (Lipinski definition) is 3. The zero-order valence-corrected chi connectivity index (χ0v) is 10.9. The van der Waals surface area contributed by atoms with Crippen LogP contribution in [0.25, 0.3) is 0 Å². The van der Waals surface area contributed by atoms with Crippen LogP contribution in [0.4, 0.5) is 0 Å². The lowest BCUT2D eigenvalue weighted by Crippen LogP contribution is -2.37. The fourth-order valence-electron chi connectivity index (χ4n) is 1.97. The molecule has 1 saturated heterocycles. The average molecular weight is 229 g/mol. The predicted octanol–water partition coefficient (Wildman–Crippen LogP) is 2.30. The van der Waals surface area contributed by atoms with Crippen molar-refractivity contribution in [3.8, 4) is 0 Å². The summed E-state index contributed by atoms with van der Waals surface area (Å²) in [6, 6.07) is 0. The molecule has 0 N–H and O–H groups in total. The molecule has 0 aliphatic carbocycles. The Labute approximate surface area is 100 Å². The molecule has 3 nitrogen and oxygen atoms in total. The largest absolute Gasteiger partial charge is 0.379 e. The summed E-state index contributed by atoms with van der Waals surface area (Å²) in [5.74, 6) is 0. The van der Waals surface area contributed by atoms with Gasteiger partial charge < -0.3 is 9.47 Å². The van der Waals surface area contributed by atoms with E-state index in [-0.39, 0.29) is 0 Å². The molecular weight excluding hydrogens is 202 g/mol. The fourth-order valence-corrected chi connectivity index (χ4v) is 1.97. The summed E-state index contributed by atoms with van der Waals surface area (Å²) in [5, 5.41) is 0. The second kappa shape index (κ2) is 8.97. The van der Waals surface area contributed by atoms with Gasteiger partial charge in [-0.05, 0) is 19.8 Å². The molecule has 1 atom stereocenters. The van der Waals surface area contributed by atoms with E-state index in [1.807, 2.05) is 0 Å². The van der Waals surface area contributed by atoms with Gasteiger partial charge in [0.15, 0.2) is 0 Å². The lowest BCUT2D eigenvalue weighted by molar-refractivity contribution is 0.0224. The van der Waals surface area contributed by atoms with Crippen molar-refractivity contribution in [1.82, 2.24) is 4.90 Å². The lowest BCUT2D eigenvalue weighted by atomic mass is 10.2. The van der Waals surface area contributed by atoms with Crippen LogP contribution in [-0.2, 0) is 9.47 Å². The van der Waals surface area contributed by atoms with Crippen molar-refractivity contribution in [3.63, 3.8) is 0 Å². The molecule has 0 aromatic carbocycles. The van der Waals surface area contributed by atoms with Crippen LogP contribution in [0.5, 0.6) is 0 Å². The molecule has 0 amide bonds. The fraction of sp³-hybridized carbons (Fsp3) is 1.00. The zero-order valence-electron chi connectivity index (χ0n) is 10.9. The summed E-state index contributed by atoms with van der Waals surface area (Å²) in [5.41, 5.74) is 0. The molecule has 96 valence electrons. The molecular formula is C13H27NO2. The van der Waals surface area contributed by atoms with Crippen LogP contribution in [0.2, 0.25) is 0 Å². The van der Waals surface area contributed by atoms with Gasteiger partial charge in [0.2, 0.25) is 0 Å². The Hall–Kier alpha value is -0.120. The number of ether oxygens (including phenoxy) is 2. The predicted molar refractivity (Wildman–Crippen MR) is 66.8 cm³/mol. The molecule has 0 saturated carbocycles. The molecule has 0 spiro atoms. The highest BCUT2D eigenvalue weighted by Gasteiger charge is 2.09. The van der Waals surface area contributed by atoms with E-state index in [1.165, 1.54) is 19.3 Å². The van der Waals surface area contributed by atoms with Crippen LogP contribution in [0, 0.1) is 0 Å². The summed E-state index contributed by atoms with van der Waals surface area (Å²) in [7, 11) is 0. The molecule has 0 bridgehead atoms. The molecule has 16 heavy (non-hydrogen) atoms. The van der Waals surface area contributed by atoms with Crippen LogP contribution >= 0.6 is 0 Å². The first-order chi connectivity index (χ1) is 7.83. The van der Waals surface area contributed by atoms with Crippen LogP contribution in [0.15, 0.2) is 0 Å². The van der Waals surface area contributed by atoms with Gasteiger partial charge in [0, 0.05) is 26.2 Å². The van der Waals surface area contributed by atoms with E-state index >= 15 is 0 Å². The molecule has 1 aliphatic rings. The summed E-state index contributed by atoms with van der Waals surface area (Å²) in [6.45, 7) is 10.4. The van der Waals surface area contributed by atoms with Crippen molar-refractivity contribution >= 4 is 0 Å². The number of hydrogen-bond donors (Lipinski definition) is 0. The third kappa shape index (κ3) is 6.46. The van der Waals surface area contributed by atoms with Crippen molar-refractivity contribution in [2.45, 2.75) is 45.6 Å². The molecule has 1 fully saturated rings. The van der Waals surface area contributed by atoms with Gasteiger partial charge >= 0.3 is 0 Å². The first-order valence-corrected chi connectivity index (χ1v) is 6.74. The molecule has 1 heterocycles. The van der Waals surface area contributed by atoms with E-state index < -0.39 is 0 Å². The molecule has 1 rings (SSSR count). The summed E-state index contributed by atoms with van der Waals surface area (Å²) < 4.78 is 11.1. The average Bonchev–Trinajstić information content (AvgIpc) is 2.33. The second-order valence-electron chi connectivity index (χ2n) is 4.63. The standard InChI is InChI=1S/C13H27NO2/c1-3-4-6-13(2)16-10-5-7-14-8-11-15-12-9-14/h13H,3-12H2,1-2H3. The molecule has 3 heteroatoms. The van der Waals surface area contributed by atoms with Crippen molar-refractivity contribution < 1.29 is 9.47 Å². The quantitative estimate of drug-likeness (QED) is 0.596. The zero-order chi connectivity index (χ0) is 11.6. The van der Waals surface area contributed by atoms with Gasteiger partial charge in [-0.25, -0.2) is 0 Å². The topological polar surface area (TPSA) is 21.7 Å². The first kappa shape index (κ1) is 13.9. The molecule has 0 radical (unpaired) electrons. The van der Waals surface area contributed by atoms with Crippen LogP contribution in [0.3, 0.4) is 0 Å². The van der Waals surface area contributed by atoms with E-state index in [0.717, 1.165) is 45.9 Å². The lowest BCUT2D eigenvalue weighted by Gasteiger charge is -2.26. The van der Waals surface area contributed by atoms with Gasteiger partial charge in [0.1, 0.15) is 0 Å².